The van der Waals surface area contributed by atoms with Gasteiger partial charge >= 0.3 is 146 Å². The zero-order chi connectivity index (χ0) is 14.3. The normalized spacial score (nSPS) is 10.3. The van der Waals surface area contributed by atoms with E-state index in [1.807, 2.05) is 12.1 Å². The Balaban J connectivity index is 1.84. The van der Waals surface area contributed by atoms with Gasteiger partial charge in [0.2, 0.25) is 0 Å². The van der Waals surface area contributed by atoms with Crippen molar-refractivity contribution in [1.29, 1.82) is 0 Å². The van der Waals surface area contributed by atoms with Gasteiger partial charge in [0.05, 0.1) is 0 Å². The molecule has 104 valence electrons. The molecule has 0 spiro atoms. The van der Waals surface area contributed by atoms with Crippen LogP contribution in [0.25, 0.3) is 6.08 Å². The third-order valence-corrected chi connectivity index (χ3v) is 10.6. The molecule has 0 N–H and O–H groups in total. The average molecular weight is 502 g/mol. The van der Waals surface area contributed by atoms with Crippen molar-refractivity contribution in [3.63, 3.8) is 0 Å². The third-order valence-electron chi connectivity index (χ3n) is 2.73. The summed E-state index contributed by atoms with van der Waals surface area (Å²) in [5.74, 6) is 0.979. The van der Waals surface area contributed by atoms with Crippen LogP contribution in [0, 0.1) is 0 Å². The maximum atomic E-state index is 5.50. The molecule has 1 heterocycles. The van der Waals surface area contributed by atoms with Crippen LogP contribution in [0.15, 0.2) is 85.1 Å². The van der Waals surface area contributed by atoms with Gasteiger partial charge in [0.1, 0.15) is 0 Å². The molecule has 0 aliphatic rings. The Labute approximate surface area is 145 Å². The van der Waals surface area contributed by atoms with Crippen LogP contribution in [0.3, 0.4) is 0 Å². The molecule has 0 saturated carbocycles. The number of hydrogen-bond acceptors (Lipinski definition) is 1. The molecule has 0 atom stereocenters. The quantitative estimate of drug-likeness (QED) is 0.490. The van der Waals surface area contributed by atoms with Crippen molar-refractivity contribution in [3.8, 4) is 0 Å². The molecule has 21 heavy (non-hydrogen) atoms. The Kier molecular flexibility index (Phi) is 5.61. The molecule has 0 radical (unpaired) electrons. The molecular formula is C18H14OTe2. The minimum atomic E-state index is -0.315. The van der Waals surface area contributed by atoms with Crippen molar-refractivity contribution in [2.24, 2.45) is 0 Å². The predicted molar refractivity (Wildman–Crippen MR) is 90.3 cm³/mol. The topological polar surface area (TPSA) is 13.1 Å². The molecule has 0 unspecified atom stereocenters. The van der Waals surface area contributed by atoms with E-state index in [0.29, 0.717) is 0 Å². The number of hydrogen-bond donors (Lipinski definition) is 0. The molecule has 3 aromatic rings. The van der Waals surface area contributed by atoms with E-state index in [4.69, 9.17) is 4.42 Å². The van der Waals surface area contributed by atoms with Crippen molar-refractivity contribution >= 4 is 55.1 Å². The van der Waals surface area contributed by atoms with Crippen LogP contribution >= 0.6 is 0 Å². The molecule has 1 aromatic heterocycles. The van der Waals surface area contributed by atoms with E-state index in [2.05, 4.69) is 66.7 Å². The zero-order valence-corrected chi connectivity index (χ0v) is 16.0. The van der Waals surface area contributed by atoms with Gasteiger partial charge < -0.3 is 0 Å². The first-order chi connectivity index (χ1) is 10.4. The van der Waals surface area contributed by atoms with Gasteiger partial charge in [0.15, 0.2) is 0 Å². The van der Waals surface area contributed by atoms with Crippen molar-refractivity contribution < 1.29 is 4.42 Å². The van der Waals surface area contributed by atoms with Crippen molar-refractivity contribution in [2.45, 2.75) is 0 Å². The number of rotatable bonds is 5. The second kappa shape index (κ2) is 7.88. The van der Waals surface area contributed by atoms with Gasteiger partial charge in [-0.15, -0.1) is 0 Å². The van der Waals surface area contributed by atoms with Gasteiger partial charge in [-0.25, -0.2) is 0 Å². The summed E-state index contributed by atoms with van der Waals surface area (Å²) in [7, 11) is 0. The summed E-state index contributed by atoms with van der Waals surface area (Å²) in [5, 5.41) is 0. The molecule has 0 aliphatic heterocycles. The predicted octanol–water partition coefficient (Wildman–Crippen LogP) is 2.64. The first kappa shape index (κ1) is 15.0. The van der Waals surface area contributed by atoms with E-state index in [1.54, 1.807) is 7.93 Å². The van der Waals surface area contributed by atoms with Gasteiger partial charge in [-0.05, 0) is 0 Å². The molecule has 3 rings (SSSR count). The first-order valence-corrected chi connectivity index (χ1v) is 11.3. The second-order valence-corrected chi connectivity index (χ2v) is 13.2. The van der Waals surface area contributed by atoms with Gasteiger partial charge in [0, 0.05) is 0 Å². The summed E-state index contributed by atoms with van der Waals surface area (Å²) in [6.07, 6.45) is 4.01. The molecule has 0 bridgehead atoms. The van der Waals surface area contributed by atoms with Crippen molar-refractivity contribution in [3.05, 3.63) is 86.5 Å². The first-order valence-electron chi connectivity index (χ1n) is 6.61. The minimum absolute atomic E-state index is 0.315. The summed E-state index contributed by atoms with van der Waals surface area (Å²) in [5.41, 5.74) is 0. The number of benzene rings is 2. The second-order valence-electron chi connectivity index (χ2n) is 4.31. The maximum absolute atomic E-state index is 5.50. The van der Waals surface area contributed by atoms with Crippen LogP contribution in [0.1, 0.15) is 5.76 Å². The zero-order valence-electron chi connectivity index (χ0n) is 11.3. The van der Waals surface area contributed by atoms with E-state index in [1.165, 1.54) is 7.22 Å². The van der Waals surface area contributed by atoms with E-state index in [9.17, 15) is 0 Å². The Hall–Kier alpha value is -0.961. The molecule has 0 amide bonds. The summed E-state index contributed by atoms with van der Waals surface area (Å²) in [6, 6.07) is 25.7. The standard InChI is InChI=1S/C18H14OTe2/c1-3-9-16(10-4-1)20-18(14-15-8-7-13-19-15)21-17-11-5-2-6-12-17/h1-14H. The van der Waals surface area contributed by atoms with Gasteiger partial charge in [-0.3, -0.25) is 0 Å². The van der Waals surface area contributed by atoms with Crippen molar-refractivity contribution in [2.75, 3.05) is 0 Å². The van der Waals surface area contributed by atoms with Gasteiger partial charge in [0.25, 0.3) is 0 Å². The SMILES string of the molecule is C(=C([Te]c1ccccc1)[Te]c1ccccc1)c1ccco1. The molecule has 0 fully saturated rings. The summed E-state index contributed by atoms with van der Waals surface area (Å²) in [6.45, 7) is 0. The van der Waals surface area contributed by atoms with Gasteiger partial charge in [-0.1, -0.05) is 0 Å². The van der Waals surface area contributed by atoms with E-state index in [0.717, 1.165) is 5.76 Å². The van der Waals surface area contributed by atoms with Crippen LogP contribution in [0.5, 0.6) is 0 Å². The molecule has 0 saturated heterocycles. The van der Waals surface area contributed by atoms with E-state index in [-0.39, 0.29) is 41.8 Å². The van der Waals surface area contributed by atoms with Gasteiger partial charge in [-0.2, -0.15) is 0 Å². The average Bonchev–Trinajstić information content (AvgIpc) is 3.02. The molecule has 1 nitrogen and oxygen atoms in total. The number of furan rings is 1. The Morgan fingerprint density at radius 1 is 0.714 bits per heavy atom. The summed E-state index contributed by atoms with van der Waals surface area (Å²) in [4.78, 5) is 0. The molecular weight excluding hydrogens is 487 g/mol. The molecule has 3 heteroatoms. The monoisotopic (exact) mass is 506 g/mol. The fourth-order valence-corrected chi connectivity index (χ4v) is 10.4. The third kappa shape index (κ3) is 4.77. The van der Waals surface area contributed by atoms with Crippen LogP contribution in [0.2, 0.25) is 0 Å². The van der Waals surface area contributed by atoms with E-state index >= 15 is 0 Å². The van der Waals surface area contributed by atoms with Crippen LogP contribution < -0.4 is 7.22 Å². The Morgan fingerprint density at radius 3 is 1.76 bits per heavy atom. The van der Waals surface area contributed by atoms with Crippen LogP contribution in [0.4, 0.5) is 0 Å². The van der Waals surface area contributed by atoms with Crippen LogP contribution in [-0.4, -0.2) is 41.8 Å². The Bertz CT molecular complexity index is 645. The summed E-state index contributed by atoms with van der Waals surface area (Å²) < 4.78 is 10.1. The Morgan fingerprint density at radius 2 is 1.29 bits per heavy atom. The van der Waals surface area contributed by atoms with E-state index < -0.39 is 0 Å². The molecule has 0 aliphatic carbocycles. The van der Waals surface area contributed by atoms with Crippen LogP contribution in [-0.2, 0) is 0 Å². The fraction of sp³-hybridized carbons (Fsp3) is 0. The fourth-order valence-electron chi connectivity index (χ4n) is 1.78. The molecule has 2 aromatic carbocycles. The van der Waals surface area contributed by atoms with Crippen molar-refractivity contribution in [1.82, 2.24) is 0 Å². The summed E-state index contributed by atoms with van der Waals surface area (Å²) >= 11 is -0.630.